The first-order chi connectivity index (χ1) is 10.2. The molecule has 108 valence electrons. The highest BCUT2D eigenvalue weighted by Gasteiger charge is 2.11. The second-order valence-electron chi connectivity index (χ2n) is 5.02. The Morgan fingerprint density at radius 3 is 2.95 bits per heavy atom. The van der Waals surface area contributed by atoms with Gasteiger partial charge in [0.1, 0.15) is 0 Å². The topological polar surface area (TPSA) is 55.1 Å². The van der Waals surface area contributed by atoms with Crippen LogP contribution in [-0.2, 0) is 13.1 Å². The van der Waals surface area contributed by atoms with Crippen LogP contribution in [0, 0.1) is 6.92 Å². The maximum atomic E-state index is 5.32. The monoisotopic (exact) mass is 300 g/mol. The van der Waals surface area contributed by atoms with Crippen LogP contribution >= 0.6 is 11.3 Å². The normalized spacial score (nSPS) is 11.2. The molecule has 0 N–H and O–H groups in total. The summed E-state index contributed by atoms with van der Waals surface area (Å²) < 4.78 is 5.32. The molecular formula is C15H16N4OS. The molecule has 0 radical (unpaired) electrons. The molecule has 0 saturated heterocycles. The van der Waals surface area contributed by atoms with E-state index >= 15 is 0 Å². The summed E-state index contributed by atoms with van der Waals surface area (Å²) in [6, 6.07) is 6.17. The number of rotatable bonds is 5. The van der Waals surface area contributed by atoms with E-state index in [4.69, 9.17) is 4.52 Å². The molecule has 0 atom stereocenters. The molecule has 5 nitrogen and oxygen atoms in total. The van der Waals surface area contributed by atoms with Crippen LogP contribution in [0.5, 0.6) is 0 Å². The van der Waals surface area contributed by atoms with Gasteiger partial charge in [0.15, 0.2) is 5.82 Å². The fourth-order valence-electron chi connectivity index (χ4n) is 2.07. The summed E-state index contributed by atoms with van der Waals surface area (Å²) in [5.41, 5.74) is 1.93. The van der Waals surface area contributed by atoms with Gasteiger partial charge in [-0.05, 0) is 37.0 Å². The van der Waals surface area contributed by atoms with Gasteiger partial charge in [-0.3, -0.25) is 9.88 Å². The molecule has 0 spiro atoms. The van der Waals surface area contributed by atoms with Crippen LogP contribution in [0.25, 0.3) is 11.5 Å². The van der Waals surface area contributed by atoms with Crippen LogP contribution in [0.1, 0.15) is 16.3 Å². The van der Waals surface area contributed by atoms with Crippen LogP contribution in [-0.4, -0.2) is 27.1 Å². The van der Waals surface area contributed by atoms with Crippen LogP contribution < -0.4 is 0 Å². The smallest absolute Gasteiger partial charge is 0.259 e. The van der Waals surface area contributed by atoms with E-state index in [9.17, 15) is 0 Å². The maximum Gasteiger partial charge on any atom is 0.259 e. The van der Waals surface area contributed by atoms with E-state index in [0.717, 1.165) is 17.7 Å². The van der Waals surface area contributed by atoms with E-state index in [1.54, 1.807) is 23.7 Å². The van der Waals surface area contributed by atoms with E-state index in [2.05, 4.69) is 37.5 Å². The van der Waals surface area contributed by atoms with E-state index in [1.165, 1.54) is 4.88 Å². The highest BCUT2D eigenvalue weighted by Crippen LogP contribution is 2.18. The summed E-state index contributed by atoms with van der Waals surface area (Å²) in [6.07, 6.45) is 3.54. The molecule has 0 aliphatic carbocycles. The van der Waals surface area contributed by atoms with E-state index in [1.807, 2.05) is 20.0 Å². The third-order valence-electron chi connectivity index (χ3n) is 3.01. The molecule has 6 heteroatoms. The van der Waals surface area contributed by atoms with Gasteiger partial charge in [0.05, 0.1) is 12.1 Å². The summed E-state index contributed by atoms with van der Waals surface area (Å²) in [5, 5.41) is 6.12. The fourth-order valence-corrected chi connectivity index (χ4v) is 2.86. The second-order valence-corrected chi connectivity index (χ2v) is 6.05. The van der Waals surface area contributed by atoms with Crippen LogP contribution in [0.3, 0.4) is 0 Å². The van der Waals surface area contributed by atoms with Crippen LogP contribution in [0.4, 0.5) is 0 Å². The highest BCUT2D eigenvalue weighted by atomic mass is 32.1. The molecule has 3 rings (SSSR count). The Hall–Kier alpha value is -2.05. The molecular weight excluding hydrogens is 284 g/mol. The Morgan fingerprint density at radius 2 is 2.19 bits per heavy atom. The van der Waals surface area contributed by atoms with E-state index in [-0.39, 0.29) is 0 Å². The van der Waals surface area contributed by atoms with Gasteiger partial charge in [-0.15, -0.1) is 11.3 Å². The third kappa shape index (κ3) is 3.53. The lowest BCUT2D eigenvalue weighted by atomic mass is 10.2. The van der Waals surface area contributed by atoms with Gasteiger partial charge in [-0.2, -0.15) is 4.98 Å². The number of hydrogen-bond donors (Lipinski definition) is 0. The van der Waals surface area contributed by atoms with Crippen molar-refractivity contribution >= 4 is 11.3 Å². The lowest BCUT2D eigenvalue weighted by Gasteiger charge is -2.12. The average Bonchev–Trinajstić information content (AvgIpc) is 3.10. The predicted octanol–water partition coefficient (Wildman–Crippen LogP) is 3.13. The van der Waals surface area contributed by atoms with Crippen molar-refractivity contribution in [1.82, 2.24) is 20.0 Å². The number of aryl methyl sites for hydroxylation is 1. The standard InChI is InChI=1S/C15H16N4OS/c1-11-6-12(8-16-7-11)15-17-14(18-20-15)10-19(2)9-13-4-3-5-21-13/h3-8H,9-10H2,1-2H3. The lowest BCUT2D eigenvalue weighted by Crippen LogP contribution is -2.17. The van der Waals surface area contributed by atoms with Crippen molar-refractivity contribution in [2.75, 3.05) is 7.05 Å². The Bertz CT molecular complexity index is 708. The third-order valence-corrected chi connectivity index (χ3v) is 3.87. The zero-order chi connectivity index (χ0) is 14.7. The Morgan fingerprint density at radius 1 is 1.29 bits per heavy atom. The van der Waals surface area contributed by atoms with Gasteiger partial charge in [-0.1, -0.05) is 11.2 Å². The van der Waals surface area contributed by atoms with Gasteiger partial charge in [0, 0.05) is 23.8 Å². The SMILES string of the molecule is Cc1cncc(-c2nc(CN(C)Cc3cccs3)no2)c1. The molecule has 0 aliphatic rings. The van der Waals surface area contributed by atoms with Gasteiger partial charge >= 0.3 is 0 Å². The largest absolute Gasteiger partial charge is 0.334 e. The quantitative estimate of drug-likeness (QED) is 0.724. The molecule has 0 fully saturated rings. The van der Waals surface area contributed by atoms with Gasteiger partial charge < -0.3 is 4.52 Å². The maximum absolute atomic E-state index is 5.32. The Kier molecular flexibility index (Phi) is 4.08. The van der Waals surface area contributed by atoms with Crippen LogP contribution in [0.2, 0.25) is 0 Å². The van der Waals surface area contributed by atoms with Crippen molar-refractivity contribution in [3.63, 3.8) is 0 Å². The zero-order valence-corrected chi connectivity index (χ0v) is 12.8. The van der Waals surface area contributed by atoms with Crippen molar-refractivity contribution in [2.45, 2.75) is 20.0 Å². The summed E-state index contributed by atoms with van der Waals surface area (Å²) in [7, 11) is 2.05. The van der Waals surface area contributed by atoms with E-state index in [0.29, 0.717) is 18.3 Å². The number of thiophene rings is 1. The molecule has 3 heterocycles. The number of nitrogens with zero attached hydrogens (tertiary/aromatic N) is 4. The zero-order valence-electron chi connectivity index (χ0n) is 12.0. The Balaban J connectivity index is 1.67. The number of pyridine rings is 1. The predicted molar refractivity (Wildman–Crippen MR) is 81.8 cm³/mol. The molecule has 0 unspecified atom stereocenters. The highest BCUT2D eigenvalue weighted by molar-refractivity contribution is 7.09. The Labute approximate surface area is 127 Å². The summed E-state index contributed by atoms with van der Waals surface area (Å²) in [4.78, 5) is 12.1. The minimum Gasteiger partial charge on any atom is -0.334 e. The number of hydrogen-bond acceptors (Lipinski definition) is 6. The molecule has 0 aromatic carbocycles. The van der Waals surface area contributed by atoms with Gasteiger partial charge in [0.2, 0.25) is 0 Å². The van der Waals surface area contributed by atoms with E-state index < -0.39 is 0 Å². The molecule has 3 aromatic rings. The van der Waals surface area contributed by atoms with Crippen molar-refractivity contribution < 1.29 is 4.52 Å². The van der Waals surface area contributed by atoms with Crippen molar-refractivity contribution in [1.29, 1.82) is 0 Å². The fraction of sp³-hybridized carbons (Fsp3) is 0.267. The molecule has 0 saturated carbocycles. The minimum absolute atomic E-state index is 0.519. The second kappa shape index (κ2) is 6.15. The first kappa shape index (κ1) is 13.9. The molecule has 0 amide bonds. The molecule has 3 aromatic heterocycles. The van der Waals surface area contributed by atoms with Crippen molar-refractivity contribution in [3.8, 4) is 11.5 Å². The number of aromatic nitrogens is 3. The summed E-state index contributed by atoms with van der Waals surface area (Å²) in [5.74, 6) is 1.20. The molecule has 0 aliphatic heterocycles. The first-order valence-corrected chi connectivity index (χ1v) is 7.54. The molecule has 21 heavy (non-hydrogen) atoms. The molecule has 0 bridgehead atoms. The van der Waals surface area contributed by atoms with Crippen molar-refractivity contribution in [2.24, 2.45) is 0 Å². The lowest BCUT2D eigenvalue weighted by molar-refractivity contribution is 0.304. The van der Waals surface area contributed by atoms with Crippen molar-refractivity contribution in [3.05, 3.63) is 52.2 Å². The first-order valence-electron chi connectivity index (χ1n) is 6.66. The minimum atomic E-state index is 0.519. The summed E-state index contributed by atoms with van der Waals surface area (Å²) >= 11 is 1.75. The van der Waals surface area contributed by atoms with Crippen LogP contribution in [0.15, 0.2) is 40.5 Å². The average molecular weight is 300 g/mol. The van der Waals surface area contributed by atoms with Gasteiger partial charge in [-0.25, -0.2) is 0 Å². The van der Waals surface area contributed by atoms with Gasteiger partial charge in [0.25, 0.3) is 5.89 Å². The summed E-state index contributed by atoms with van der Waals surface area (Å²) in [6.45, 7) is 3.52.